The van der Waals surface area contributed by atoms with Gasteiger partial charge in [0, 0.05) is 11.3 Å². The second-order valence-corrected chi connectivity index (χ2v) is 10.5. The van der Waals surface area contributed by atoms with Crippen LogP contribution < -0.4 is 15.4 Å². The highest BCUT2D eigenvalue weighted by molar-refractivity contribution is 14.1. The van der Waals surface area contributed by atoms with Crippen molar-refractivity contribution in [1.82, 2.24) is 10.2 Å². The zero-order valence-corrected chi connectivity index (χ0v) is 23.9. The molecule has 0 spiro atoms. The van der Waals surface area contributed by atoms with E-state index in [0.29, 0.717) is 22.6 Å². The summed E-state index contributed by atoms with van der Waals surface area (Å²) in [5.41, 5.74) is 3.68. The van der Waals surface area contributed by atoms with Crippen LogP contribution >= 0.6 is 45.2 Å². The molecule has 1 fully saturated rings. The number of nitriles is 1. The number of ether oxygens (including phenoxy) is 1. The number of carbonyl (C=O) groups excluding carboxylic acids is 3. The Morgan fingerprint density at radius 2 is 1.84 bits per heavy atom. The van der Waals surface area contributed by atoms with Crippen molar-refractivity contribution < 1.29 is 19.1 Å². The molecule has 0 radical (unpaired) electrons. The van der Waals surface area contributed by atoms with E-state index in [1.165, 1.54) is 0 Å². The Kier molecular flexibility index (Phi) is 8.45. The van der Waals surface area contributed by atoms with Crippen molar-refractivity contribution in [3.63, 3.8) is 0 Å². The summed E-state index contributed by atoms with van der Waals surface area (Å²) in [7, 11) is 0. The monoisotopic (exact) mass is 718 g/mol. The molecule has 0 aromatic heterocycles. The number of hydrogen-bond donors (Lipinski definition) is 2. The SMILES string of the molecule is Cc1cccc(NC(=O)CN2C(=O)N/C(=C/c3cc(I)c(OCc4ccccc4C#N)c(I)c3)C2=O)c1. The van der Waals surface area contributed by atoms with Crippen molar-refractivity contribution >= 4 is 74.8 Å². The molecule has 4 amide bonds. The largest absolute Gasteiger partial charge is 0.487 e. The normalized spacial score (nSPS) is 13.9. The fourth-order valence-electron chi connectivity index (χ4n) is 3.65. The van der Waals surface area contributed by atoms with Crippen LogP contribution in [0.4, 0.5) is 10.5 Å². The molecule has 4 rings (SSSR count). The Hall–Kier alpha value is -3.44. The van der Waals surface area contributed by atoms with Crippen LogP contribution in [-0.4, -0.2) is 29.3 Å². The average molecular weight is 718 g/mol. The fourth-order valence-corrected chi connectivity index (χ4v) is 5.78. The molecule has 0 unspecified atom stereocenters. The molecule has 2 N–H and O–H groups in total. The smallest absolute Gasteiger partial charge is 0.329 e. The number of aryl methyl sites for hydroxylation is 1. The van der Waals surface area contributed by atoms with Crippen molar-refractivity contribution in [3.8, 4) is 11.8 Å². The number of halogens is 2. The van der Waals surface area contributed by atoms with E-state index in [-0.39, 0.29) is 12.3 Å². The number of imide groups is 1. The Balaban J connectivity index is 1.45. The Morgan fingerprint density at radius 1 is 1.11 bits per heavy atom. The number of amides is 4. The summed E-state index contributed by atoms with van der Waals surface area (Å²) < 4.78 is 7.61. The number of anilines is 1. The third-order valence-electron chi connectivity index (χ3n) is 5.41. The van der Waals surface area contributed by atoms with Gasteiger partial charge in [0.05, 0.1) is 18.8 Å². The van der Waals surface area contributed by atoms with E-state index in [1.54, 1.807) is 30.3 Å². The van der Waals surface area contributed by atoms with Crippen molar-refractivity contribution in [3.05, 3.63) is 95.8 Å². The van der Waals surface area contributed by atoms with Gasteiger partial charge < -0.3 is 15.4 Å². The van der Waals surface area contributed by atoms with Crippen molar-refractivity contribution in [1.29, 1.82) is 5.26 Å². The number of benzene rings is 3. The second-order valence-electron chi connectivity index (χ2n) is 8.17. The summed E-state index contributed by atoms with van der Waals surface area (Å²) in [5.74, 6) is -0.394. The summed E-state index contributed by atoms with van der Waals surface area (Å²) in [5, 5.41) is 14.5. The zero-order valence-electron chi connectivity index (χ0n) is 19.5. The second kappa shape index (κ2) is 11.7. The first-order valence-electron chi connectivity index (χ1n) is 11.1. The highest BCUT2D eigenvalue weighted by Gasteiger charge is 2.35. The molecule has 0 aliphatic carbocycles. The minimum atomic E-state index is -0.656. The van der Waals surface area contributed by atoms with Gasteiger partial charge in [0.15, 0.2) is 0 Å². The maximum absolute atomic E-state index is 12.9. The van der Waals surface area contributed by atoms with Crippen LogP contribution in [0.15, 0.2) is 66.4 Å². The van der Waals surface area contributed by atoms with Crippen LogP contribution in [0.2, 0.25) is 0 Å². The first-order valence-corrected chi connectivity index (χ1v) is 13.2. The standard InChI is InChI=1S/C27H20I2N4O4/c1-16-5-4-8-20(9-16)31-24(34)14-33-26(35)23(32-27(33)36)12-17-10-21(28)25(22(29)11-17)37-15-19-7-3-2-6-18(19)13-30/h2-12H,14-15H2,1H3,(H,31,34)(H,32,36)/b23-12+. The van der Waals surface area contributed by atoms with Crippen LogP contribution in [0, 0.1) is 25.4 Å². The van der Waals surface area contributed by atoms with E-state index in [2.05, 4.69) is 61.9 Å². The Morgan fingerprint density at radius 3 is 2.54 bits per heavy atom. The molecule has 3 aromatic carbocycles. The predicted molar refractivity (Wildman–Crippen MR) is 155 cm³/mol. The Labute approximate surface area is 241 Å². The number of nitrogens with zero attached hydrogens (tertiary/aromatic N) is 2. The number of rotatable bonds is 7. The van der Waals surface area contributed by atoms with Crippen LogP contribution in [0.1, 0.15) is 22.3 Å². The molecule has 10 heteroatoms. The predicted octanol–water partition coefficient (Wildman–Crippen LogP) is 5.19. The number of nitrogens with one attached hydrogen (secondary N) is 2. The number of carbonyl (C=O) groups is 3. The van der Waals surface area contributed by atoms with Crippen LogP contribution in [0.25, 0.3) is 6.08 Å². The molecule has 1 saturated heterocycles. The molecule has 8 nitrogen and oxygen atoms in total. The molecular weight excluding hydrogens is 698 g/mol. The quantitative estimate of drug-likeness (QED) is 0.199. The lowest BCUT2D eigenvalue weighted by Crippen LogP contribution is -2.38. The van der Waals surface area contributed by atoms with Gasteiger partial charge in [-0.2, -0.15) is 5.26 Å². The average Bonchev–Trinajstić information content (AvgIpc) is 3.11. The molecule has 186 valence electrons. The number of urea groups is 1. The fraction of sp³-hybridized carbons (Fsp3) is 0.111. The lowest BCUT2D eigenvalue weighted by molar-refractivity contribution is -0.127. The maximum atomic E-state index is 12.9. The first-order chi connectivity index (χ1) is 17.7. The van der Waals surface area contributed by atoms with Crippen LogP contribution in [0.5, 0.6) is 5.75 Å². The van der Waals surface area contributed by atoms with Gasteiger partial charge in [0.25, 0.3) is 5.91 Å². The van der Waals surface area contributed by atoms with E-state index in [4.69, 9.17) is 4.74 Å². The van der Waals surface area contributed by atoms with Crippen LogP contribution in [0.3, 0.4) is 0 Å². The van der Waals surface area contributed by atoms with Crippen molar-refractivity contribution in [2.75, 3.05) is 11.9 Å². The lowest BCUT2D eigenvalue weighted by Gasteiger charge is -2.13. The van der Waals surface area contributed by atoms with Gasteiger partial charge in [-0.3, -0.25) is 9.59 Å². The molecular formula is C27H20I2N4O4. The Bertz CT molecular complexity index is 1460. The molecule has 37 heavy (non-hydrogen) atoms. The summed E-state index contributed by atoms with van der Waals surface area (Å²) in [6, 6.07) is 19.7. The van der Waals surface area contributed by atoms with Crippen molar-refractivity contribution in [2.24, 2.45) is 0 Å². The molecule has 3 aromatic rings. The molecule has 0 bridgehead atoms. The summed E-state index contributed by atoms with van der Waals surface area (Å²) in [6.07, 6.45) is 1.57. The van der Waals surface area contributed by atoms with E-state index in [9.17, 15) is 19.6 Å². The van der Waals surface area contributed by atoms with Gasteiger partial charge in [-0.15, -0.1) is 0 Å². The van der Waals surface area contributed by atoms with E-state index >= 15 is 0 Å². The molecule has 1 aliphatic heterocycles. The summed E-state index contributed by atoms with van der Waals surface area (Å²) >= 11 is 4.28. The third kappa shape index (κ3) is 6.47. The van der Waals surface area contributed by atoms with Gasteiger partial charge in [0.1, 0.15) is 24.6 Å². The summed E-state index contributed by atoms with van der Waals surface area (Å²) in [6.45, 7) is 1.74. The minimum absolute atomic E-state index is 0.0802. The highest BCUT2D eigenvalue weighted by Crippen LogP contribution is 2.31. The van der Waals surface area contributed by atoms with Gasteiger partial charge in [-0.25, -0.2) is 9.69 Å². The maximum Gasteiger partial charge on any atom is 0.329 e. The minimum Gasteiger partial charge on any atom is -0.487 e. The van der Waals surface area contributed by atoms with Crippen LogP contribution in [-0.2, 0) is 16.2 Å². The van der Waals surface area contributed by atoms with Crippen molar-refractivity contribution in [2.45, 2.75) is 13.5 Å². The lowest BCUT2D eigenvalue weighted by atomic mass is 10.1. The van der Waals surface area contributed by atoms with E-state index < -0.39 is 24.4 Å². The summed E-state index contributed by atoms with van der Waals surface area (Å²) in [4.78, 5) is 38.6. The molecule has 1 heterocycles. The molecule has 0 atom stereocenters. The van der Waals surface area contributed by atoms with E-state index in [1.807, 2.05) is 43.3 Å². The first kappa shape index (κ1) is 26.6. The molecule has 0 saturated carbocycles. The molecule has 1 aliphatic rings. The van der Waals surface area contributed by atoms with Gasteiger partial charge in [0.2, 0.25) is 5.91 Å². The van der Waals surface area contributed by atoms with Gasteiger partial charge in [-0.1, -0.05) is 30.3 Å². The zero-order chi connectivity index (χ0) is 26.5. The topological polar surface area (TPSA) is 112 Å². The van der Waals surface area contributed by atoms with Gasteiger partial charge >= 0.3 is 6.03 Å². The van der Waals surface area contributed by atoms with E-state index in [0.717, 1.165) is 23.2 Å². The number of hydrogen-bond acceptors (Lipinski definition) is 5. The third-order valence-corrected chi connectivity index (χ3v) is 7.01. The van der Waals surface area contributed by atoms with Gasteiger partial charge in [-0.05, 0) is 99.6 Å². The highest BCUT2D eigenvalue weighted by atomic mass is 127.